The summed E-state index contributed by atoms with van der Waals surface area (Å²) in [6.45, 7) is 4.68. The van der Waals surface area contributed by atoms with Crippen molar-refractivity contribution < 1.29 is 14.3 Å². The molecule has 0 aliphatic rings. The van der Waals surface area contributed by atoms with Crippen molar-refractivity contribution in [2.24, 2.45) is 0 Å². The summed E-state index contributed by atoms with van der Waals surface area (Å²) < 4.78 is 12.5. The molecule has 1 amide bonds. The number of hydrogen-bond acceptors (Lipinski definition) is 6. The monoisotopic (exact) mass is 483 g/mol. The van der Waals surface area contributed by atoms with Gasteiger partial charge in [-0.15, -0.1) is 0 Å². The highest BCUT2D eigenvalue weighted by Gasteiger charge is 2.27. The van der Waals surface area contributed by atoms with Gasteiger partial charge in [0.1, 0.15) is 17.0 Å². The average Bonchev–Trinajstić information content (AvgIpc) is 3.34. The highest BCUT2D eigenvalue weighted by molar-refractivity contribution is 7.22. The number of methoxy groups -OCH3 is 1. The number of ether oxygens (including phenoxy) is 2. The maximum Gasteiger partial charge on any atom is 0.264 e. The van der Waals surface area contributed by atoms with Gasteiger partial charge in [0.15, 0.2) is 5.13 Å². The minimum Gasteiger partial charge on any atom is -0.494 e. The van der Waals surface area contributed by atoms with Crippen LogP contribution in [0.4, 0.5) is 5.13 Å². The molecule has 0 saturated heterocycles. The fourth-order valence-electron chi connectivity index (χ4n) is 4.14. The molecular formula is C28H25N3O3S. The van der Waals surface area contributed by atoms with Gasteiger partial charge in [-0.1, -0.05) is 53.8 Å². The van der Waals surface area contributed by atoms with Crippen molar-refractivity contribution >= 4 is 43.4 Å². The van der Waals surface area contributed by atoms with Gasteiger partial charge in [-0.3, -0.25) is 14.7 Å². The van der Waals surface area contributed by atoms with Crippen LogP contribution in [0.5, 0.6) is 11.5 Å². The van der Waals surface area contributed by atoms with Crippen LogP contribution in [0.1, 0.15) is 28.5 Å². The van der Waals surface area contributed by atoms with Gasteiger partial charge in [0.2, 0.25) is 0 Å². The maximum atomic E-state index is 14.3. The Morgan fingerprint density at radius 2 is 1.80 bits per heavy atom. The van der Waals surface area contributed by atoms with Gasteiger partial charge in [-0.05, 0) is 54.4 Å². The SMILES string of the molecule is CCOc1ccc2ccccc2c1C(=O)N(Cc1ccccn1)c1nc2c(OC)ccc(C)c2s1. The van der Waals surface area contributed by atoms with Crippen molar-refractivity contribution in [3.05, 3.63) is 89.7 Å². The van der Waals surface area contributed by atoms with Crippen LogP contribution >= 0.6 is 11.3 Å². The van der Waals surface area contributed by atoms with Gasteiger partial charge in [-0.25, -0.2) is 4.98 Å². The molecule has 0 aliphatic heterocycles. The molecule has 0 radical (unpaired) electrons. The molecule has 0 N–H and O–H groups in total. The minimum atomic E-state index is -0.188. The van der Waals surface area contributed by atoms with Gasteiger partial charge in [0.05, 0.1) is 36.2 Å². The number of benzene rings is 3. The number of hydrogen-bond donors (Lipinski definition) is 0. The Hall–Kier alpha value is -3.97. The number of fused-ring (bicyclic) bond motifs is 2. The molecule has 0 bridgehead atoms. The largest absolute Gasteiger partial charge is 0.494 e. The van der Waals surface area contributed by atoms with E-state index in [1.807, 2.05) is 80.6 Å². The summed E-state index contributed by atoms with van der Waals surface area (Å²) in [5, 5.41) is 2.39. The number of aryl methyl sites for hydroxylation is 1. The van der Waals surface area contributed by atoms with E-state index in [-0.39, 0.29) is 12.5 Å². The fraction of sp³-hybridized carbons (Fsp3) is 0.179. The van der Waals surface area contributed by atoms with Crippen molar-refractivity contribution in [3.63, 3.8) is 0 Å². The number of carbonyl (C=O) groups excluding carboxylic acids is 1. The summed E-state index contributed by atoms with van der Waals surface area (Å²) in [6.07, 6.45) is 1.73. The first-order valence-electron chi connectivity index (χ1n) is 11.4. The summed E-state index contributed by atoms with van der Waals surface area (Å²) in [4.78, 5) is 25.4. The first-order valence-corrected chi connectivity index (χ1v) is 12.2. The molecule has 176 valence electrons. The second-order valence-electron chi connectivity index (χ2n) is 8.06. The normalized spacial score (nSPS) is 11.1. The lowest BCUT2D eigenvalue weighted by molar-refractivity contribution is 0.0983. The lowest BCUT2D eigenvalue weighted by Gasteiger charge is -2.22. The van der Waals surface area contributed by atoms with E-state index in [1.165, 1.54) is 11.3 Å². The lowest BCUT2D eigenvalue weighted by Crippen LogP contribution is -2.31. The van der Waals surface area contributed by atoms with Gasteiger partial charge in [-0.2, -0.15) is 0 Å². The number of thiazole rings is 1. The third-order valence-corrected chi connectivity index (χ3v) is 7.05. The van der Waals surface area contributed by atoms with E-state index in [4.69, 9.17) is 14.5 Å². The van der Waals surface area contributed by atoms with E-state index in [1.54, 1.807) is 18.2 Å². The molecule has 0 fully saturated rings. The van der Waals surface area contributed by atoms with Crippen molar-refractivity contribution in [2.45, 2.75) is 20.4 Å². The number of carbonyl (C=O) groups is 1. The minimum absolute atomic E-state index is 0.188. The summed E-state index contributed by atoms with van der Waals surface area (Å²) in [5.74, 6) is 1.04. The number of aromatic nitrogens is 2. The van der Waals surface area contributed by atoms with Crippen LogP contribution < -0.4 is 14.4 Å². The van der Waals surface area contributed by atoms with Crippen LogP contribution in [0.2, 0.25) is 0 Å². The van der Waals surface area contributed by atoms with Crippen molar-refractivity contribution in [2.75, 3.05) is 18.6 Å². The Labute approximate surface area is 207 Å². The van der Waals surface area contributed by atoms with Gasteiger partial charge in [0, 0.05) is 6.20 Å². The van der Waals surface area contributed by atoms with Crippen molar-refractivity contribution in [1.29, 1.82) is 0 Å². The first-order chi connectivity index (χ1) is 17.1. The predicted octanol–water partition coefficient (Wildman–Crippen LogP) is 6.41. The molecule has 2 heterocycles. The second-order valence-corrected chi connectivity index (χ2v) is 9.04. The van der Waals surface area contributed by atoms with E-state index in [9.17, 15) is 4.79 Å². The lowest BCUT2D eigenvalue weighted by atomic mass is 10.0. The van der Waals surface area contributed by atoms with Crippen LogP contribution in [0.25, 0.3) is 21.0 Å². The third kappa shape index (κ3) is 4.31. The molecule has 3 aromatic carbocycles. The highest BCUT2D eigenvalue weighted by Crippen LogP contribution is 2.38. The summed E-state index contributed by atoms with van der Waals surface area (Å²) in [7, 11) is 1.63. The van der Waals surface area contributed by atoms with E-state index < -0.39 is 0 Å². The zero-order valence-electron chi connectivity index (χ0n) is 19.8. The smallest absolute Gasteiger partial charge is 0.264 e. The molecule has 0 spiro atoms. The maximum absolute atomic E-state index is 14.3. The zero-order chi connectivity index (χ0) is 24.4. The predicted molar refractivity (Wildman–Crippen MR) is 141 cm³/mol. The van der Waals surface area contributed by atoms with Crippen LogP contribution in [0.15, 0.2) is 72.9 Å². The van der Waals surface area contributed by atoms with Gasteiger partial charge < -0.3 is 9.47 Å². The van der Waals surface area contributed by atoms with Crippen molar-refractivity contribution in [3.8, 4) is 11.5 Å². The summed E-state index contributed by atoms with van der Waals surface area (Å²) in [6, 6.07) is 21.3. The molecule has 5 rings (SSSR count). The fourth-order valence-corrected chi connectivity index (χ4v) is 5.19. The van der Waals surface area contributed by atoms with Gasteiger partial charge >= 0.3 is 0 Å². The molecule has 0 saturated carbocycles. The first kappa shape index (κ1) is 22.8. The number of anilines is 1. The zero-order valence-corrected chi connectivity index (χ0v) is 20.6. The molecule has 5 aromatic rings. The number of amides is 1. The second kappa shape index (κ2) is 9.72. The van der Waals surface area contributed by atoms with Crippen LogP contribution in [0, 0.1) is 6.92 Å². The molecule has 6 nitrogen and oxygen atoms in total. The molecule has 0 unspecified atom stereocenters. The summed E-state index contributed by atoms with van der Waals surface area (Å²) >= 11 is 1.47. The van der Waals surface area contributed by atoms with Gasteiger partial charge in [0.25, 0.3) is 5.91 Å². The number of pyridine rings is 1. The van der Waals surface area contributed by atoms with E-state index >= 15 is 0 Å². The van der Waals surface area contributed by atoms with Crippen LogP contribution in [-0.4, -0.2) is 29.6 Å². The molecule has 0 atom stereocenters. The standard InChI is InChI=1S/C28H25N3O3S/c1-4-34-22-15-13-19-9-5-6-11-21(19)24(22)27(32)31(17-20-10-7-8-16-29-20)28-30-25-23(33-3)14-12-18(2)26(25)35-28/h5-16H,4,17H2,1-3H3. The quantitative estimate of drug-likeness (QED) is 0.268. The Kier molecular flexibility index (Phi) is 6.33. The molecule has 7 heteroatoms. The Morgan fingerprint density at radius 1 is 1.00 bits per heavy atom. The third-order valence-electron chi connectivity index (χ3n) is 5.84. The molecule has 2 aromatic heterocycles. The number of nitrogens with zero attached hydrogens (tertiary/aromatic N) is 3. The van der Waals surface area contributed by atoms with Crippen molar-refractivity contribution in [1.82, 2.24) is 9.97 Å². The van der Waals surface area contributed by atoms with E-state index in [0.29, 0.717) is 28.8 Å². The molecule has 0 aliphatic carbocycles. The van der Waals surface area contributed by atoms with Crippen LogP contribution in [0.3, 0.4) is 0 Å². The topological polar surface area (TPSA) is 64.5 Å². The average molecular weight is 484 g/mol. The van der Waals surface area contributed by atoms with E-state index in [2.05, 4.69) is 4.98 Å². The summed E-state index contributed by atoms with van der Waals surface area (Å²) in [5.41, 5.74) is 3.11. The van der Waals surface area contributed by atoms with Crippen LogP contribution in [-0.2, 0) is 6.54 Å². The Bertz CT molecular complexity index is 1510. The Morgan fingerprint density at radius 3 is 2.57 bits per heavy atom. The molecule has 35 heavy (non-hydrogen) atoms. The molecular weight excluding hydrogens is 458 g/mol. The highest BCUT2D eigenvalue weighted by atomic mass is 32.1. The van der Waals surface area contributed by atoms with E-state index in [0.717, 1.165) is 32.2 Å². The Balaban J connectivity index is 1.71. The number of rotatable bonds is 7.